The molecule has 0 bridgehead atoms. The number of pyridine rings is 1. The zero-order chi connectivity index (χ0) is 14.9. The highest BCUT2D eigenvalue weighted by Gasteiger charge is 2.25. The summed E-state index contributed by atoms with van der Waals surface area (Å²) in [7, 11) is 1.43. The lowest BCUT2D eigenvalue weighted by atomic mass is 10.2. The van der Waals surface area contributed by atoms with Crippen molar-refractivity contribution in [3.8, 4) is 5.75 Å². The third-order valence-corrected chi connectivity index (χ3v) is 3.71. The van der Waals surface area contributed by atoms with Crippen molar-refractivity contribution in [3.63, 3.8) is 0 Å². The van der Waals surface area contributed by atoms with Gasteiger partial charge in [0.2, 0.25) is 0 Å². The molecule has 8 heteroatoms. The SMILES string of the molecule is Cc1nsc(N(C)C(=O)c2ccncc2O)c1C(=O)O. The van der Waals surface area contributed by atoms with E-state index in [0.717, 1.165) is 22.6 Å². The largest absolute Gasteiger partial charge is 0.505 e. The molecule has 7 nitrogen and oxygen atoms in total. The number of carbonyl (C=O) groups excluding carboxylic acids is 1. The van der Waals surface area contributed by atoms with Gasteiger partial charge < -0.3 is 15.1 Å². The predicted molar refractivity (Wildman–Crippen MR) is 72.4 cm³/mol. The number of hydrogen-bond acceptors (Lipinski definition) is 6. The number of aromatic carboxylic acids is 1. The van der Waals surface area contributed by atoms with Crippen LogP contribution in [0.5, 0.6) is 5.75 Å². The molecule has 0 radical (unpaired) electrons. The lowest BCUT2D eigenvalue weighted by Crippen LogP contribution is -2.27. The molecule has 2 aromatic rings. The Morgan fingerprint density at radius 3 is 2.70 bits per heavy atom. The molecule has 2 N–H and O–H groups in total. The first kappa shape index (κ1) is 13.9. The molecule has 0 aliphatic heterocycles. The molecule has 0 unspecified atom stereocenters. The van der Waals surface area contributed by atoms with Gasteiger partial charge >= 0.3 is 5.97 Å². The van der Waals surface area contributed by atoms with Gasteiger partial charge in [-0.1, -0.05) is 0 Å². The number of hydrogen-bond donors (Lipinski definition) is 2. The zero-order valence-electron chi connectivity index (χ0n) is 10.7. The van der Waals surface area contributed by atoms with E-state index in [0.29, 0.717) is 5.69 Å². The molecule has 1 amide bonds. The van der Waals surface area contributed by atoms with E-state index in [-0.39, 0.29) is 21.9 Å². The van der Waals surface area contributed by atoms with Crippen LogP contribution in [0.1, 0.15) is 26.4 Å². The Labute approximate surface area is 118 Å². The maximum atomic E-state index is 12.3. The van der Waals surface area contributed by atoms with Crippen molar-refractivity contribution in [2.24, 2.45) is 0 Å². The average molecular weight is 293 g/mol. The number of carboxylic acid groups (broad SMARTS) is 1. The van der Waals surface area contributed by atoms with Crippen LogP contribution in [0.25, 0.3) is 0 Å². The van der Waals surface area contributed by atoms with Crippen molar-refractivity contribution in [1.29, 1.82) is 0 Å². The lowest BCUT2D eigenvalue weighted by molar-refractivity contribution is 0.0697. The van der Waals surface area contributed by atoms with Crippen LogP contribution < -0.4 is 4.90 Å². The van der Waals surface area contributed by atoms with Gasteiger partial charge in [0.15, 0.2) is 0 Å². The third kappa shape index (κ3) is 2.32. The quantitative estimate of drug-likeness (QED) is 0.889. The molecule has 0 saturated heterocycles. The number of aryl methyl sites for hydroxylation is 1. The fraction of sp³-hybridized carbons (Fsp3) is 0.167. The fourth-order valence-electron chi connectivity index (χ4n) is 1.67. The van der Waals surface area contributed by atoms with E-state index in [1.807, 2.05) is 0 Å². The van der Waals surface area contributed by atoms with Crippen LogP contribution in [0, 0.1) is 6.92 Å². The van der Waals surface area contributed by atoms with Gasteiger partial charge in [-0.2, -0.15) is 4.37 Å². The molecule has 0 spiro atoms. The van der Waals surface area contributed by atoms with E-state index in [1.165, 1.54) is 19.3 Å². The third-order valence-electron chi connectivity index (χ3n) is 2.70. The summed E-state index contributed by atoms with van der Waals surface area (Å²) in [6.45, 7) is 1.56. The van der Waals surface area contributed by atoms with Crippen LogP contribution >= 0.6 is 11.5 Å². The molecule has 2 aromatic heterocycles. The van der Waals surface area contributed by atoms with Crippen LogP contribution in [-0.4, -0.2) is 38.5 Å². The van der Waals surface area contributed by atoms with E-state index in [9.17, 15) is 14.7 Å². The Hall–Kier alpha value is -2.48. The molecular formula is C12H11N3O4S. The fourth-order valence-corrected chi connectivity index (χ4v) is 2.52. The van der Waals surface area contributed by atoms with Gasteiger partial charge in [0, 0.05) is 13.2 Å². The van der Waals surface area contributed by atoms with Crippen LogP contribution in [0.2, 0.25) is 0 Å². The van der Waals surface area contributed by atoms with Crippen LogP contribution in [0.3, 0.4) is 0 Å². The summed E-state index contributed by atoms with van der Waals surface area (Å²) in [6, 6.07) is 1.36. The second-order valence-corrected chi connectivity index (χ2v) is 4.76. The Balaban J connectivity index is 2.42. The van der Waals surface area contributed by atoms with Crippen molar-refractivity contribution < 1.29 is 19.8 Å². The summed E-state index contributed by atoms with van der Waals surface area (Å²) in [6.07, 6.45) is 2.52. The molecular weight excluding hydrogens is 282 g/mol. The van der Waals surface area contributed by atoms with Gasteiger partial charge in [-0.25, -0.2) is 4.79 Å². The van der Waals surface area contributed by atoms with E-state index in [2.05, 4.69) is 9.36 Å². The van der Waals surface area contributed by atoms with Crippen LogP contribution in [0.15, 0.2) is 18.5 Å². The number of carbonyl (C=O) groups is 2. The van der Waals surface area contributed by atoms with Gasteiger partial charge in [-0.3, -0.25) is 9.78 Å². The van der Waals surface area contributed by atoms with E-state index >= 15 is 0 Å². The van der Waals surface area contributed by atoms with Crippen LogP contribution in [0.4, 0.5) is 5.00 Å². The number of anilines is 1. The van der Waals surface area contributed by atoms with Gasteiger partial charge in [0.05, 0.1) is 17.5 Å². The molecule has 104 valence electrons. The minimum absolute atomic E-state index is 0.0144. The molecule has 2 heterocycles. The highest BCUT2D eigenvalue weighted by atomic mass is 32.1. The first-order valence-electron chi connectivity index (χ1n) is 5.54. The number of rotatable bonds is 3. The summed E-state index contributed by atoms with van der Waals surface area (Å²) in [4.78, 5) is 28.3. The molecule has 0 aliphatic rings. The highest BCUT2D eigenvalue weighted by Crippen LogP contribution is 2.29. The van der Waals surface area contributed by atoms with E-state index in [1.54, 1.807) is 6.92 Å². The monoisotopic (exact) mass is 293 g/mol. The number of carboxylic acids is 1. The maximum absolute atomic E-state index is 12.3. The van der Waals surface area contributed by atoms with Crippen molar-refractivity contribution in [2.45, 2.75) is 6.92 Å². The number of aromatic hydroxyl groups is 1. The predicted octanol–water partition coefficient (Wildman–Crippen LogP) is 1.53. The second kappa shape index (κ2) is 5.25. The van der Waals surface area contributed by atoms with Crippen molar-refractivity contribution >= 4 is 28.4 Å². The molecule has 0 aromatic carbocycles. The lowest BCUT2D eigenvalue weighted by Gasteiger charge is -2.16. The average Bonchev–Trinajstić information content (AvgIpc) is 2.79. The zero-order valence-corrected chi connectivity index (χ0v) is 11.5. The van der Waals surface area contributed by atoms with Crippen molar-refractivity contribution in [1.82, 2.24) is 9.36 Å². The summed E-state index contributed by atoms with van der Waals surface area (Å²) in [5, 5.41) is 19.0. The minimum Gasteiger partial charge on any atom is -0.505 e. The molecule has 0 atom stereocenters. The molecule has 2 rings (SSSR count). The smallest absolute Gasteiger partial charge is 0.340 e. The maximum Gasteiger partial charge on any atom is 0.340 e. The van der Waals surface area contributed by atoms with Crippen molar-refractivity contribution in [3.05, 3.63) is 35.3 Å². The highest BCUT2D eigenvalue weighted by molar-refractivity contribution is 7.11. The van der Waals surface area contributed by atoms with Gasteiger partial charge in [0.25, 0.3) is 5.91 Å². The van der Waals surface area contributed by atoms with E-state index in [4.69, 9.17) is 5.11 Å². The number of aromatic nitrogens is 2. The Bertz CT molecular complexity index is 683. The summed E-state index contributed by atoms with van der Waals surface area (Å²) in [5.74, 6) is -1.94. The molecule has 0 aliphatic carbocycles. The van der Waals surface area contributed by atoms with Gasteiger partial charge in [-0.05, 0) is 24.5 Å². The van der Waals surface area contributed by atoms with Crippen molar-refractivity contribution in [2.75, 3.05) is 11.9 Å². The summed E-state index contributed by atoms with van der Waals surface area (Å²) < 4.78 is 3.95. The Morgan fingerprint density at radius 1 is 1.40 bits per heavy atom. The van der Waals surface area contributed by atoms with Gasteiger partial charge in [-0.15, -0.1) is 0 Å². The second-order valence-electron chi connectivity index (χ2n) is 4.01. The van der Waals surface area contributed by atoms with Gasteiger partial charge in [0.1, 0.15) is 16.3 Å². The molecule has 0 saturated carbocycles. The number of nitrogens with zero attached hydrogens (tertiary/aromatic N) is 3. The Morgan fingerprint density at radius 2 is 2.10 bits per heavy atom. The Kier molecular flexibility index (Phi) is 3.66. The first-order valence-corrected chi connectivity index (χ1v) is 6.31. The minimum atomic E-state index is -1.15. The molecule has 0 fully saturated rings. The van der Waals surface area contributed by atoms with E-state index < -0.39 is 11.9 Å². The standard InChI is InChI=1S/C12H11N3O4S/c1-6-9(12(18)19)11(20-14-6)15(2)10(17)7-3-4-13-5-8(7)16/h3-5,16H,1-2H3,(H,18,19). The molecule has 20 heavy (non-hydrogen) atoms. The van der Waals surface area contributed by atoms with Crippen LogP contribution in [-0.2, 0) is 0 Å². The topological polar surface area (TPSA) is 104 Å². The summed E-state index contributed by atoms with van der Waals surface area (Å²) in [5.41, 5.74) is 0.375. The normalized spacial score (nSPS) is 10.3. The summed E-state index contributed by atoms with van der Waals surface area (Å²) >= 11 is 0.918. The number of amides is 1. The first-order chi connectivity index (χ1) is 9.43.